The van der Waals surface area contributed by atoms with Crippen LogP contribution in [0.1, 0.15) is 42.2 Å². The second-order valence-electron chi connectivity index (χ2n) is 6.91. The normalized spacial score (nSPS) is 12.9. The molecule has 6 heteroatoms. The Morgan fingerprint density at radius 1 is 1.07 bits per heavy atom. The van der Waals surface area contributed by atoms with Crippen LogP contribution < -0.4 is 10.9 Å². The van der Waals surface area contributed by atoms with Crippen molar-refractivity contribution in [3.8, 4) is 0 Å². The maximum absolute atomic E-state index is 12.4. The zero-order valence-electron chi connectivity index (χ0n) is 16.5. The number of esters is 1. The molecule has 0 saturated heterocycles. The van der Waals surface area contributed by atoms with E-state index in [1.165, 1.54) is 6.92 Å². The van der Waals surface area contributed by atoms with Gasteiger partial charge in [0.2, 0.25) is 0 Å². The molecule has 0 bridgehead atoms. The number of rotatable bonds is 7. The van der Waals surface area contributed by atoms with Crippen LogP contribution in [-0.4, -0.2) is 29.5 Å². The summed E-state index contributed by atoms with van der Waals surface area (Å²) in [7, 11) is 0. The minimum Gasteiger partial charge on any atom is -0.448 e. The standard InChI is InChI=1S/C23H24N2O4/c1-3-16(17-9-5-4-6-10-17)14-24-21(26)15(2)29-23(28)20-13-18-11-7-8-12-19(18)22(27)25-20/h4-13,15-16H,3,14H2,1-2H3,(H,24,26)(H,25,27)/t15-,16-/m1/s1. The lowest BCUT2D eigenvalue weighted by atomic mass is 9.96. The van der Waals surface area contributed by atoms with Gasteiger partial charge in [-0.05, 0) is 36.4 Å². The Labute approximate surface area is 168 Å². The Morgan fingerprint density at radius 2 is 1.76 bits per heavy atom. The lowest BCUT2D eigenvalue weighted by Gasteiger charge is -2.18. The highest BCUT2D eigenvalue weighted by atomic mass is 16.5. The molecule has 6 nitrogen and oxygen atoms in total. The highest BCUT2D eigenvalue weighted by Gasteiger charge is 2.21. The van der Waals surface area contributed by atoms with Gasteiger partial charge in [-0.3, -0.25) is 9.59 Å². The quantitative estimate of drug-likeness (QED) is 0.604. The van der Waals surface area contributed by atoms with Gasteiger partial charge in [-0.15, -0.1) is 0 Å². The number of fused-ring (bicyclic) bond motifs is 1. The number of carbonyl (C=O) groups excluding carboxylic acids is 2. The monoisotopic (exact) mass is 392 g/mol. The molecule has 0 fully saturated rings. The van der Waals surface area contributed by atoms with Crippen molar-refractivity contribution in [1.82, 2.24) is 10.3 Å². The van der Waals surface area contributed by atoms with Crippen LogP contribution in [0.25, 0.3) is 10.8 Å². The summed E-state index contributed by atoms with van der Waals surface area (Å²) in [6.07, 6.45) is -0.109. The molecular formula is C23H24N2O4. The lowest BCUT2D eigenvalue weighted by molar-refractivity contribution is -0.129. The smallest absolute Gasteiger partial charge is 0.355 e. The van der Waals surface area contributed by atoms with Crippen LogP contribution in [0.3, 0.4) is 0 Å². The zero-order valence-corrected chi connectivity index (χ0v) is 16.5. The Morgan fingerprint density at radius 3 is 2.48 bits per heavy atom. The average molecular weight is 392 g/mol. The average Bonchev–Trinajstić information content (AvgIpc) is 2.74. The van der Waals surface area contributed by atoms with Gasteiger partial charge in [0.1, 0.15) is 5.69 Å². The largest absolute Gasteiger partial charge is 0.448 e. The topological polar surface area (TPSA) is 88.3 Å². The molecule has 0 spiro atoms. The highest BCUT2D eigenvalue weighted by molar-refractivity contribution is 5.94. The molecule has 29 heavy (non-hydrogen) atoms. The minimum atomic E-state index is -0.981. The number of hydrogen-bond donors (Lipinski definition) is 2. The summed E-state index contributed by atoms with van der Waals surface area (Å²) < 4.78 is 5.25. The van der Waals surface area contributed by atoms with Gasteiger partial charge in [0.25, 0.3) is 11.5 Å². The predicted octanol–water partition coefficient (Wildman–Crippen LogP) is 3.38. The van der Waals surface area contributed by atoms with E-state index in [1.54, 1.807) is 30.3 Å². The first-order valence-electron chi connectivity index (χ1n) is 9.65. The van der Waals surface area contributed by atoms with Gasteiger partial charge >= 0.3 is 5.97 Å². The number of pyridine rings is 1. The molecule has 2 aromatic carbocycles. The van der Waals surface area contributed by atoms with E-state index in [4.69, 9.17) is 4.74 Å². The fourth-order valence-corrected chi connectivity index (χ4v) is 3.19. The molecular weight excluding hydrogens is 368 g/mol. The third kappa shape index (κ3) is 4.90. The van der Waals surface area contributed by atoms with Gasteiger partial charge < -0.3 is 15.0 Å². The Bertz CT molecular complexity index is 1060. The van der Waals surface area contributed by atoms with Crippen molar-refractivity contribution >= 4 is 22.6 Å². The summed E-state index contributed by atoms with van der Waals surface area (Å²) >= 11 is 0. The van der Waals surface area contributed by atoms with Crippen molar-refractivity contribution in [2.75, 3.05) is 6.54 Å². The van der Waals surface area contributed by atoms with Crippen LogP contribution in [-0.2, 0) is 9.53 Å². The van der Waals surface area contributed by atoms with Gasteiger partial charge in [-0.2, -0.15) is 0 Å². The van der Waals surface area contributed by atoms with Gasteiger partial charge in [-0.1, -0.05) is 55.5 Å². The van der Waals surface area contributed by atoms with Crippen LogP contribution in [0.15, 0.2) is 65.5 Å². The number of hydrogen-bond acceptors (Lipinski definition) is 4. The maximum Gasteiger partial charge on any atom is 0.355 e. The van der Waals surface area contributed by atoms with Crippen molar-refractivity contribution in [1.29, 1.82) is 0 Å². The predicted molar refractivity (Wildman–Crippen MR) is 112 cm³/mol. The van der Waals surface area contributed by atoms with Gasteiger partial charge in [0, 0.05) is 17.8 Å². The number of aromatic nitrogens is 1. The maximum atomic E-state index is 12.4. The number of carbonyl (C=O) groups is 2. The van der Waals surface area contributed by atoms with Crippen molar-refractivity contribution < 1.29 is 14.3 Å². The van der Waals surface area contributed by atoms with E-state index in [-0.39, 0.29) is 23.1 Å². The third-order valence-electron chi connectivity index (χ3n) is 4.91. The minimum absolute atomic E-state index is 0.0177. The highest BCUT2D eigenvalue weighted by Crippen LogP contribution is 2.18. The number of benzene rings is 2. The fourth-order valence-electron chi connectivity index (χ4n) is 3.19. The van der Waals surface area contributed by atoms with Gasteiger partial charge in [0.05, 0.1) is 0 Å². The van der Waals surface area contributed by atoms with E-state index >= 15 is 0 Å². The van der Waals surface area contributed by atoms with E-state index in [9.17, 15) is 14.4 Å². The second kappa shape index (κ2) is 9.19. The number of H-pyrrole nitrogens is 1. The molecule has 0 radical (unpaired) electrons. The second-order valence-corrected chi connectivity index (χ2v) is 6.91. The van der Waals surface area contributed by atoms with E-state index in [2.05, 4.69) is 17.2 Å². The van der Waals surface area contributed by atoms with E-state index in [0.717, 1.165) is 12.0 Å². The summed E-state index contributed by atoms with van der Waals surface area (Å²) in [6.45, 7) is 4.02. The van der Waals surface area contributed by atoms with Crippen LogP contribution >= 0.6 is 0 Å². The first-order chi connectivity index (χ1) is 14.0. The van der Waals surface area contributed by atoms with Gasteiger partial charge in [-0.25, -0.2) is 4.79 Å². The van der Waals surface area contributed by atoms with Crippen molar-refractivity contribution in [2.45, 2.75) is 32.3 Å². The molecule has 0 saturated carbocycles. The molecule has 1 heterocycles. The Kier molecular flexibility index (Phi) is 6.44. The summed E-state index contributed by atoms with van der Waals surface area (Å²) in [5, 5.41) is 3.96. The van der Waals surface area contributed by atoms with Gasteiger partial charge in [0.15, 0.2) is 6.10 Å². The number of aromatic amines is 1. The van der Waals surface area contributed by atoms with Crippen molar-refractivity contribution in [3.63, 3.8) is 0 Å². The SMILES string of the molecule is CC[C@H](CNC(=O)[C@@H](C)OC(=O)c1cc2ccccc2c(=O)[nH]1)c1ccccc1. The summed E-state index contributed by atoms with van der Waals surface area (Å²) in [5.41, 5.74) is 0.790. The van der Waals surface area contributed by atoms with Crippen molar-refractivity contribution in [2.24, 2.45) is 0 Å². The molecule has 0 aliphatic carbocycles. The van der Waals surface area contributed by atoms with Crippen LogP contribution in [0.4, 0.5) is 0 Å². The first kappa shape index (κ1) is 20.3. The molecule has 150 valence electrons. The Balaban J connectivity index is 1.62. The van der Waals surface area contributed by atoms with Crippen LogP contribution in [0, 0.1) is 0 Å². The van der Waals surface area contributed by atoms with Crippen LogP contribution in [0.5, 0.6) is 0 Å². The summed E-state index contributed by atoms with van der Waals surface area (Å²) in [6, 6.07) is 18.4. The van der Waals surface area contributed by atoms with E-state index in [0.29, 0.717) is 17.3 Å². The molecule has 0 unspecified atom stereocenters. The molecule has 1 aromatic heterocycles. The zero-order chi connectivity index (χ0) is 20.8. The summed E-state index contributed by atoms with van der Waals surface area (Å²) in [5.74, 6) is -0.943. The van der Waals surface area contributed by atoms with Crippen molar-refractivity contribution in [3.05, 3.63) is 82.3 Å². The lowest BCUT2D eigenvalue weighted by Crippen LogP contribution is -2.38. The van der Waals surface area contributed by atoms with E-state index in [1.807, 2.05) is 30.3 Å². The Hall–Kier alpha value is -3.41. The molecule has 3 rings (SSSR count). The number of amides is 1. The number of ether oxygens (including phenoxy) is 1. The molecule has 1 amide bonds. The molecule has 3 aromatic rings. The summed E-state index contributed by atoms with van der Waals surface area (Å²) in [4.78, 5) is 39.4. The number of nitrogens with one attached hydrogen (secondary N) is 2. The molecule has 2 N–H and O–H groups in total. The third-order valence-corrected chi connectivity index (χ3v) is 4.91. The fraction of sp³-hybridized carbons (Fsp3) is 0.261. The molecule has 0 aliphatic rings. The van der Waals surface area contributed by atoms with E-state index < -0.39 is 12.1 Å². The first-order valence-corrected chi connectivity index (χ1v) is 9.65. The molecule has 2 atom stereocenters. The van der Waals surface area contributed by atoms with Crippen LogP contribution in [0.2, 0.25) is 0 Å². The molecule has 0 aliphatic heterocycles.